The molecule has 1 N–H and O–H groups in total. The zero-order valence-electron chi connectivity index (χ0n) is 12.7. The van der Waals surface area contributed by atoms with Gasteiger partial charge in [-0.15, -0.1) is 0 Å². The molecule has 0 fully saturated rings. The Kier molecular flexibility index (Phi) is 5.52. The fourth-order valence-electron chi connectivity index (χ4n) is 2.51. The van der Waals surface area contributed by atoms with E-state index in [-0.39, 0.29) is 16.7 Å². The van der Waals surface area contributed by atoms with Crippen LogP contribution in [0.3, 0.4) is 0 Å². The largest absolute Gasteiger partial charge is 0.306 e. The second-order valence-corrected chi connectivity index (χ2v) is 5.65. The second kappa shape index (κ2) is 7.38. The molecule has 0 aromatic heterocycles. The maximum absolute atomic E-state index is 11.0. The summed E-state index contributed by atoms with van der Waals surface area (Å²) in [5.74, 6) is 0. The van der Waals surface area contributed by atoms with E-state index in [1.807, 2.05) is 30.3 Å². The number of hydrogen-bond acceptors (Lipinski definition) is 3. The van der Waals surface area contributed by atoms with Crippen LogP contribution >= 0.6 is 11.6 Å². The minimum atomic E-state index is -0.340. The fourth-order valence-corrected chi connectivity index (χ4v) is 2.71. The Hall–Kier alpha value is -1.91. The molecule has 5 heteroatoms. The molecule has 116 valence electrons. The van der Waals surface area contributed by atoms with Crippen molar-refractivity contribution in [3.05, 3.63) is 74.3 Å². The summed E-state index contributed by atoms with van der Waals surface area (Å²) in [5, 5.41) is 15.2. The Morgan fingerprint density at radius 1 is 1.27 bits per heavy atom. The van der Waals surface area contributed by atoms with Crippen LogP contribution in [0.25, 0.3) is 0 Å². The van der Waals surface area contributed by atoms with Crippen molar-refractivity contribution in [1.82, 2.24) is 5.32 Å². The first-order chi connectivity index (χ1) is 10.5. The highest BCUT2D eigenvalue weighted by Crippen LogP contribution is 2.24. The van der Waals surface area contributed by atoms with Crippen LogP contribution in [0.2, 0.25) is 5.02 Å². The van der Waals surface area contributed by atoms with Crippen LogP contribution in [0, 0.1) is 17.0 Å². The molecule has 0 bridgehead atoms. The van der Waals surface area contributed by atoms with Crippen LogP contribution in [-0.4, -0.2) is 4.92 Å². The molecule has 22 heavy (non-hydrogen) atoms. The quantitative estimate of drug-likeness (QED) is 0.615. The van der Waals surface area contributed by atoms with Gasteiger partial charge in [-0.05, 0) is 36.6 Å². The Morgan fingerprint density at radius 3 is 2.64 bits per heavy atom. The molecule has 0 heterocycles. The molecule has 0 aliphatic heterocycles. The topological polar surface area (TPSA) is 55.2 Å². The molecule has 0 spiro atoms. The predicted molar refractivity (Wildman–Crippen MR) is 89.2 cm³/mol. The molecule has 2 rings (SSSR count). The summed E-state index contributed by atoms with van der Waals surface area (Å²) in [7, 11) is 0. The fraction of sp³-hybridized carbons (Fsp3) is 0.294. The summed E-state index contributed by atoms with van der Waals surface area (Å²) in [6, 6.07) is 13.1. The second-order valence-electron chi connectivity index (χ2n) is 5.22. The van der Waals surface area contributed by atoms with E-state index in [4.69, 9.17) is 11.6 Å². The van der Waals surface area contributed by atoms with Crippen molar-refractivity contribution >= 4 is 17.3 Å². The normalized spacial score (nSPS) is 12.1. The third-order valence-corrected chi connectivity index (χ3v) is 4.05. The maximum atomic E-state index is 11.0. The van der Waals surface area contributed by atoms with Gasteiger partial charge in [-0.3, -0.25) is 10.1 Å². The van der Waals surface area contributed by atoms with Crippen molar-refractivity contribution in [2.75, 3.05) is 0 Å². The summed E-state index contributed by atoms with van der Waals surface area (Å²) >= 11 is 6.04. The Balaban J connectivity index is 2.14. The van der Waals surface area contributed by atoms with Crippen molar-refractivity contribution < 1.29 is 4.92 Å². The third kappa shape index (κ3) is 3.84. The van der Waals surface area contributed by atoms with Crippen molar-refractivity contribution in [1.29, 1.82) is 0 Å². The summed E-state index contributed by atoms with van der Waals surface area (Å²) in [6.07, 6.45) is 0.911. The van der Waals surface area contributed by atoms with Gasteiger partial charge >= 0.3 is 0 Å². The molecule has 0 saturated carbocycles. The Labute approximate surface area is 135 Å². The van der Waals surface area contributed by atoms with Gasteiger partial charge in [0, 0.05) is 29.2 Å². The SMILES string of the molecule is CCC(NCc1cccc([N+](=O)[O-])c1C)c1cccc(Cl)c1. The van der Waals surface area contributed by atoms with Gasteiger partial charge < -0.3 is 5.32 Å². The minimum absolute atomic E-state index is 0.162. The molecular formula is C17H19ClN2O2. The molecule has 0 radical (unpaired) electrons. The highest BCUT2D eigenvalue weighted by Gasteiger charge is 2.14. The van der Waals surface area contributed by atoms with Gasteiger partial charge in [0.1, 0.15) is 0 Å². The average Bonchev–Trinajstić information content (AvgIpc) is 2.49. The Morgan fingerprint density at radius 2 is 2.00 bits per heavy atom. The smallest absolute Gasteiger partial charge is 0.272 e. The van der Waals surface area contributed by atoms with Crippen LogP contribution in [0.1, 0.15) is 36.1 Å². The lowest BCUT2D eigenvalue weighted by atomic mass is 10.0. The number of benzene rings is 2. The van der Waals surface area contributed by atoms with E-state index in [9.17, 15) is 10.1 Å². The highest BCUT2D eigenvalue weighted by atomic mass is 35.5. The van der Waals surface area contributed by atoms with Crippen LogP contribution < -0.4 is 5.32 Å². The van der Waals surface area contributed by atoms with E-state index < -0.39 is 0 Å². The van der Waals surface area contributed by atoms with Crippen LogP contribution in [-0.2, 0) is 6.54 Å². The van der Waals surface area contributed by atoms with Gasteiger partial charge in [-0.2, -0.15) is 0 Å². The first-order valence-electron chi connectivity index (χ1n) is 7.24. The zero-order valence-corrected chi connectivity index (χ0v) is 13.4. The molecule has 2 aromatic carbocycles. The van der Waals surface area contributed by atoms with Crippen molar-refractivity contribution in [2.45, 2.75) is 32.9 Å². The number of nitro benzene ring substituents is 1. The summed E-state index contributed by atoms with van der Waals surface area (Å²) in [5.41, 5.74) is 2.93. The number of nitro groups is 1. The monoisotopic (exact) mass is 318 g/mol. The van der Waals surface area contributed by atoms with Gasteiger partial charge in [-0.1, -0.05) is 42.8 Å². The van der Waals surface area contributed by atoms with E-state index in [0.717, 1.165) is 17.5 Å². The molecule has 0 saturated heterocycles. The lowest BCUT2D eigenvalue weighted by molar-refractivity contribution is -0.385. The predicted octanol–water partition coefficient (Wildman–Crippen LogP) is 4.80. The molecule has 4 nitrogen and oxygen atoms in total. The van der Waals surface area contributed by atoms with E-state index in [1.54, 1.807) is 13.0 Å². The molecular weight excluding hydrogens is 300 g/mol. The van der Waals surface area contributed by atoms with Crippen LogP contribution in [0.4, 0.5) is 5.69 Å². The lowest BCUT2D eigenvalue weighted by Gasteiger charge is -2.18. The van der Waals surface area contributed by atoms with E-state index in [1.165, 1.54) is 6.07 Å². The van der Waals surface area contributed by atoms with Gasteiger partial charge in [0.15, 0.2) is 0 Å². The number of nitrogens with zero attached hydrogens (tertiary/aromatic N) is 1. The molecule has 2 aromatic rings. The van der Waals surface area contributed by atoms with Crippen LogP contribution in [0.15, 0.2) is 42.5 Å². The first kappa shape index (κ1) is 16.5. The van der Waals surface area contributed by atoms with Crippen molar-refractivity contribution in [3.8, 4) is 0 Å². The molecule has 0 aliphatic carbocycles. The van der Waals surface area contributed by atoms with E-state index >= 15 is 0 Å². The summed E-state index contributed by atoms with van der Waals surface area (Å²) in [6.45, 7) is 4.47. The van der Waals surface area contributed by atoms with Gasteiger partial charge in [-0.25, -0.2) is 0 Å². The van der Waals surface area contributed by atoms with Gasteiger partial charge in [0.25, 0.3) is 5.69 Å². The number of hydrogen-bond donors (Lipinski definition) is 1. The number of rotatable bonds is 6. The third-order valence-electron chi connectivity index (χ3n) is 3.81. The van der Waals surface area contributed by atoms with E-state index in [0.29, 0.717) is 17.1 Å². The first-order valence-corrected chi connectivity index (χ1v) is 7.62. The van der Waals surface area contributed by atoms with Crippen molar-refractivity contribution in [3.63, 3.8) is 0 Å². The molecule has 0 aliphatic rings. The highest BCUT2D eigenvalue weighted by molar-refractivity contribution is 6.30. The molecule has 0 amide bonds. The zero-order chi connectivity index (χ0) is 16.1. The maximum Gasteiger partial charge on any atom is 0.272 e. The summed E-state index contributed by atoms with van der Waals surface area (Å²) in [4.78, 5) is 10.7. The molecule has 1 unspecified atom stereocenters. The average molecular weight is 319 g/mol. The summed E-state index contributed by atoms with van der Waals surface area (Å²) < 4.78 is 0. The number of nitrogens with one attached hydrogen (secondary N) is 1. The molecule has 1 atom stereocenters. The van der Waals surface area contributed by atoms with E-state index in [2.05, 4.69) is 12.2 Å². The Bertz CT molecular complexity index is 673. The van der Waals surface area contributed by atoms with Crippen LogP contribution in [0.5, 0.6) is 0 Å². The minimum Gasteiger partial charge on any atom is -0.306 e. The lowest BCUT2D eigenvalue weighted by Crippen LogP contribution is -2.20. The van der Waals surface area contributed by atoms with Crippen molar-refractivity contribution in [2.24, 2.45) is 0 Å². The van der Waals surface area contributed by atoms with Gasteiger partial charge in [0.05, 0.1) is 4.92 Å². The van der Waals surface area contributed by atoms with Gasteiger partial charge in [0.2, 0.25) is 0 Å². The standard InChI is InChI=1S/C17H19ClN2O2/c1-3-16(13-6-4-8-15(18)10-13)19-11-14-7-5-9-17(12(14)2)20(21)22/h4-10,16,19H,3,11H2,1-2H3. The number of halogens is 1.